The van der Waals surface area contributed by atoms with Gasteiger partial charge < -0.3 is 9.73 Å². The highest BCUT2D eigenvalue weighted by Gasteiger charge is 2.34. The van der Waals surface area contributed by atoms with Crippen molar-refractivity contribution in [3.05, 3.63) is 114 Å². The van der Waals surface area contributed by atoms with Crippen LogP contribution in [-0.2, 0) is 22.7 Å². The van der Waals surface area contributed by atoms with Crippen LogP contribution in [0.15, 0.2) is 95.6 Å². The number of hydrogen-bond donors (Lipinski definition) is 1. The molecule has 0 bridgehead atoms. The number of rotatable bonds is 8. The van der Waals surface area contributed by atoms with Gasteiger partial charge in [-0.3, -0.25) is 14.5 Å². The lowest BCUT2D eigenvalue weighted by molar-refractivity contribution is -0.127. The maximum Gasteiger partial charge on any atom is 0.249 e. The van der Waals surface area contributed by atoms with Crippen LogP contribution in [0.5, 0.6) is 0 Å². The minimum Gasteiger partial charge on any atom is -0.467 e. The molecule has 37 heavy (non-hydrogen) atoms. The fourth-order valence-corrected chi connectivity index (χ4v) is 4.24. The van der Waals surface area contributed by atoms with E-state index in [0.29, 0.717) is 28.0 Å². The molecule has 1 atom stereocenters. The van der Waals surface area contributed by atoms with E-state index in [1.54, 1.807) is 24.3 Å². The second-order valence-corrected chi connectivity index (χ2v) is 8.54. The molecule has 0 saturated carbocycles. The molecule has 0 saturated heterocycles. The van der Waals surface area contributed by atoms with Gasteiger partial charge in [-0.15, -0.1) is 5.10 Å². The smallest absolute Gasteiger partial charge is 0.249 e. The minimum atomic E-state index is -1.08. The molecule has 0 spiro atoms. The molecule has 9 heteroatoms. The number of nitrogens with one attached hydrogen (secondary N) is 1. The molecule has 0 fully saturated rings. The topological polar surface area (TPSA) is 93.3 Å². The summed E-state index contributed by atoms with van der Waals surface area (Å²) in [6.07, 6.45) is 1.52. The average Bonchev–Trinajstić information content (AvgIpc) is 3.58. The Morgan fingerprint density at radius 1 is 1.00 bits per heavy atom. The summed E-state index contributed by atoms with van der Waals surface area (Å²) in [6.45, 7) is 1.84. The van der Waals surface area contributed by atoms with E-state index in [1.807, 2.05) is 43.3 Å². The summed E-state index contributed by atoms with van der Waals surface area (Å²) in [4.78, 5) is 29.1. The zero-order valence-electron chi connectivity index (χ0n) is 20.0. The SMILES string of the molecule is Cc1ccccc1N(C(=O)Cn1nnc2ccccc21)C(C(=O)NCc1ccco1)c1ccc(F)cc1. The summed E-state index contributed by atoms with van der Waals surface area (Å²) in [5.41, 5.74) is 3.16. The van der Waals surface area contributed by atoms with Crippen molar-refractivity contribution in [1.29, 1.82) is 0 Å². The van der Waals surface area contributed by atoms with Crippen LogP contribution in [0.2, 0.25) is 0 Å². The summed E-state index contributed by atoms with van der Waals surface area (Å²) in [7, 11) is 0. The summed E-state index contributed by atoms with van der Waals surface area (Å²) in [5, 5.41) is 11.1. The van der Waals surface area contributed by atoms with Crippen molar-refractivity contribution in [2.75, 3.05) is 4.90 Å². The highest BCUT2D eigenvalue weighted by molar-refractivity contribution is 6.02. The van der Waals surface area contributed by atoms with Crippen molar-refractivity contribution in [3.8, 4) is 0 Å². The van der Waals surface area contributed by atoms with E-state index in [-0.39, 0.29) is 19.0 Å². The summed E-state index contributed by atoms with van der Waals surface area (Å²) < 4.78 is 20.7. The largest absolute Gasteiger partial charge is 0.467 e. The van der Waals surface area contributed by atoms with Crippen LogP contribution in [0, 0.1) is 12.7 Å². The first-order valence-electron chi connectivity index (χ1n) is 11.7. The van der Waals surface area contributed by atoms with Crippen molar-refractivity contribution in [2.45, 2.75) is 26.1 Å². The fourth-order valence-electron chi connectivity index (χ4n) is 4.24. The molecule has 5 aromatic rings. The molecule has 0 radical (unpaired) electrons. The summed E-state index contributed by atoms with van der Waals surface area (Å²) in [6, 6.07) is 22.6. The van der Waals surface area contributed by atoms with Crippen LogP contribution in [0.1, 0.15) is 22.9 Å². The molecule has 1 N–H and O–H groups in total. The molecule has 2 amide bonds. The van der Waals surface area contributed by atoms with E-state index in [9.17, 15) is 14.0 Å². The molecule has 1 unspecified atom stereocenters. The number of hydrogen-bond acceptors (Lipinski definition) is 5. The second kappa shape index (κ2) is 10.4. The number of aryl methyl sites for hydroxylation is 1. The maximum atomic E-state index is 14.0. The van der Waals surface area contributed by atoms with Gasteiger partial charge in [0.2, 0.25) is 11.8 Å². The standard InChI is InChI=1S/C28H24FN5O3/c1-19-7-2-4-10-24(19)34(26(35)18-33-25-11-5-3-9-23(25)31-32-33)27(20-12-14-21(29)15-13-20)28(36)30-17-22-8-6-16-37-22/h2-16,27H,17-18H2,1H3,(H,30,36). The maximum absolute atomic E-state index is 14.0. The predicted octanol–water partition coefficient (Wildman–Crippen LogP) is 4.56. The Morgan fingerprint density at radius 2 is 1.76 bits per heavy atom. The molecule has 2 heterocycles. The van der Waals surface area contributed by atoms with Gasteiger partial charge in [0.1, 0.15) is 29.7 Å². The van der Waals surface area contributed by atoms with Gasteiger partial charge in [-0.25, -0.2) is 9.07 Å². The Hall–Kier alpha value is -4.79. The first-order chi connectivity index (χ1) is 18.0. The van der Waals surface area contributed by atoms with Crippen molar-refractivity contribution in [3.63, 3.8) is 0 Å². The van der Waals surface area contributed by atoms with Gasteiger partial charge >= 0.3 is 0 Å². The van der Waals surface area contributed by atoms with Gasteiger partial charge in [-0.2, -0.15) is 0 Å². The van der Waals surface area contributed by atoms with Gasteiger partial charge in [-0.1, -0.05) is 47.7 Å². The molecule has 0 aliphatic rings. The zero-order valence-corrected chi connectivity index (χ0v) is 20.0. The predicted molar refractivity (Wildman–Crippen MR) is 136 cm³/mol. The van der Waals surface area contributed by atoms with Crippen molar-refractivity contribution < 1.29 is 18.4 Å². The van der Waals surface area contributed by atoms with E-state index in [4.69, 9.17) is 4.42 Å². The average molecular weight is 498 g/mol. The van der Waals surface area contributed by atoms with Crippen LogP contribution in [0.25, 0.3) is 11.0 Å². The lowest BCUT2D eigenvalue weighted by Gasteiger charge is -2.32. The number of fused-ring (bicyclic) bond motifs is 1. The van der Waals surface area contributed by atoms with Gasteiger partial charge in [0, 0.05) is 5.69 Å². The number of amides is 2. The molecular formula is C28H24FN5O3. The molecular weight excluding hydrogens is 473 g/mol. The Kier molecular flexibility index (Phi) is 6.76. The molecule has 186 valence electrons. The van der Waals surface area contributed by atoms with E-state index >= 15 is 0 Å². The van der Waals surface area contributed by atoms with Gasteiger partial charge in [0.25, 0.3) is 0 Å². The van der Waals surface area contributed by atoms with Crippen LogP contribution in [0.3, 0.4) is 0 Å². The molecule has 5 rings (SSSR count). The number of anilines is 1. The zero-order chi connectivity index (χ0) is 25.8. The number of aromatic nitrogens is 3. The number of carbonyl (C=O) groups is 2. The highest BCUT2D eigenvalue weighted by atomic mass is 19.1. The van der Waals surface area contributed by atoms with Crippen molar-refractivity contribution >= 4 is 28.5 Å². The van der Waals surface area contributed by atoms with Crippen LogP contribution in [0.4, 0.5) is 10.1 Å². The number of furan rings is 1. The van der Waals surface area contributed by atoms with Gasteiger partial charge in [0.15, 0.2) is 0 Å². The molecule has 2 aromatic heterocycles. The quantitative estimate of drug-likeness (QED) is 0.339. The first-order valence-corrected chi connectivity index (χ1v) is 11.7. The second-order valence-electron chi connectivity index (χ2n) is 8.54. The van der Waals surface area contributed by atoms with E-state index in [1.165, 1.54) is 40.1 Å². The molecule has 8 nitrogen and oxygen atoms in total. The summed E-state index contributed by atoms with van der Waals surface area (Å²) >= 11 is 0. The highest BCUT2D eigenvalue weighted by Crippen LogP contribution is 2.31. The number of carbonyl (C=O) groups excluding carboxylic acids is 2. The third kappa shape index (κ3) is 5.11. The van der Waals surface area contributed by atoms with Crippen molar-refractivity contribution in [1.82, 2.24) is 20.3 Å². The Bertz CT molecular complexity index is 1530. The fraction of sp³-hybridized carbons (Fsp3) is 0.143. The third-order valence-corrected chi connectivity index (χ3v) is 6.06. The minimum absolute atomic E-state index is 0.132. The lowest BCUT2D eigenvalue weighted by Crippen LogP contribution is -2.45. The number of nitrogens with zero attached hydrogens (tertiary/aromatic N) is 4. The van der Waals surface area contributed by atoms with Crippen LogP contribution >= 0.6 is 0 Å². The third-order valence-electron chi connectivity index (χ3n) is 6.06. The van der Waals surface area contributed by atoms with E-state index in [0.717, 1.165) is 5.56 Å². The number of para-hydroxylation sites is 2. The Balaban J connectivity index is 1.57. The van der Waals surface area contributed by atoms with Crippen molar-refractivity contribution in [2.24, 2.45) is 0 Å². The van der Waals surface area contributed by atoms with Gasteiger partial charge in [-0.05, 0) is 60.5 Å². The van der Waals surface area contributed by atoms with E-state index in [2.05, 4.69) is 15.6 Å². The van der Waals surface area contributed by atoms with Crippen LogP contribution < -0.4 is 10.2 Å². The monoisotopic (exact) mass is 497 g/mol. The molecule has 0 aliphatic carbocycles. The molecule has 0 aliphatic heterocycles. The molecule has 3 aromatic carbocycles. The normalized spacial score (nSPS) is 11.8. The Labute approximate surface area is 212 Å². The van der Waals surface area contributed by atoms with Crippen LogP contribution in [-0.4, -0.2) is 26.8 Å². The Morgan fingerprint density at radius 3 is 2.51 bits per heavy atom. The van der Waals surface area contributed by atoms with E-state index < -0.39 is 17.8 Å². The number of halogens is 1. The summed E-state index contributed by atoms with van der Waals surface area (Å²) in [5.74, 6) is -0.703. The lowest BCUT2D eigenvalue weighted by atomic mass is 10.0. The number of benzene rings is 3. The first kappa shape index (κ1) is 23.9. The van der Waals surface area contributed by atoms with Gasteiger partial charge in [0.05, 0.1) is 18.3 Å².